The first-order valence-corrected chi connectivity index (χ1v) is 8.98. The van der Waals surface area contributed by atoms with E-state index in [1.807, 2.05) is 42.5 Å². The lowest BCUT2D eigenvalue weighted by molar-refractivity contribution is -0.119. The second-order valence-electron chi connectivity index (χ2n) is 5.31. The van der Waals surface area contributed by atoms with Crippen LogP contribution in [0.1, 0.15) is 5.76 Å². The standard InChI is InChI=1S/C17H15N3O5S/c21-16(20-19-10-13-8-9-17(25-13)26(22,23)24)11-18-15-7-3-5-12-4-1-2-6-14(12)15/h1-10,18H,11H2,(H,20,21)(H,22,23,24)/b19-10+. The van der Waals surface area contributed by atoms with Gasteiger partial charge in [-0.3, -0.25) is 9.35 Å². The fourth-order valence-corrected chi connectivity index (χ4v) is 2.75. The Bertz CT molecular complexity index is 1070. The molecule has 1 amide bonds. The summed E-state index contributed by atoms with van der Waals surface area (Å²) < 4.78 is 35.4. The number of nitrogens with one attached hydrogen (secondary N) is 2. The van der Waals surface area contributed by atoms with Crippen molar-refractivity contribution in [3.8, 4) is 0 Å². The van der Waals surface area contributed by atoms with Crippen molar-refractivity contribution in [2.45, 2.75) is 5.09 Å². The van der Waals surface area contributed by atoms with Crippen LogP contribution < -0.4 is 10.7 Å². The number of carbonyl (C=O) groups is 1. The van der Waals surface area contributed by atoms with Crippen molar-refractivity contribution in [1.82, 2.24) is 5.43 Å². The summed E-state index contributed by atoms with van der Waals surface area (Å²) in [5, 5.41) is 8.18. The lowest BCUT2D eigenvalue weighted by Gasteiger charge is -2.08. The monoisotopic (exact) mass is 373 g/mol. The lowest BCUT2D eigenvalue weighted by atomic mass is 10.1. The molecule has 0 saturated heterocycles. The average molecular weight is 373 g/mol. The Morgan fingerprint density at radius 1 is 1.12 bits per heavy atom. The van der Waals surface area contributed by atoms with Gasteiger partial charge in [0.05, 0.1) is 12.8 Å². The molecule has 0 aliphatic carbocycles. The Labute approximate surface area is 149 Å². The number of furan rings is 1. The smallest absolute Gasteiger partial charge is 0.328 e. The Balaban J connectivity index is 1.57. The number of benzene rings is 2. The van der Waals surface area contributed by atoms with Crippen molar-refractivity contribution in [3.63, 3.8) is 0 Å². The molecular weight excluding hydrogens is 358 g/mol. The van der Waals surface area contributed by atoms with Gasteiger partial charge in [0, 0.05) is 11.1 Å². The third-order valence-corrected chi connectivity index (χ3v) is 4.19. The van der Waals surface area contributed by atoms with Crippen LogP contribution >= 0.6 is 0 Å². The number of rotatable bonds is 6. The highest BCUT2D eigenvalue weighted by atomic mass is 32.2. The third kappa shape index (κ3) is 4.26. The molecule has 0 aliphatic heterocycles. The second kappa shape index (κ2) is 7.38. The van der Waals surface area contributed by atoms with E-state index in [-0.39, 0.29) is 12.3 Å². The zero-order valence-corrected chi connectivity index (χ0v) is 14.2. The van der Waals surface area contributed by atoms with Gasteiger partial charge in [-0.05, 0) is 23.6 Å². The van der Waals surface area contributed by atoms with E-state index in [9.17, 15) is 13.2 Å². The average Bonchev–Trinajstić information content (AvgIpc) is 3.09. The SMILES string of the molecule is O=C(CNc1cccc2ccccc12)N/N=C/c1ccc(S(=O)(=O)O)o1. The molecule has 1 heterocycles. The van der Waals surface area contributed by atoms with Gasteiger partial charge in [-0.15, -0.1) is 0 Å². The number of anilines is 1. The maximum atomic E-state index is 11.9. The van der Waals surface area contributed by atoms with Crippen molar-refractivity contribution in [2.24, 2.45) is 5.10 Å². The van der Waals surface area contributed by atoms with Gasteiger partial charge in [-0.25, -0.2) is 5.43 Å². The molecule has 0 saturated carbocycles. The summed E-state index contributed by atoms with van der Waals surface area (Å²) in [5.74, 6) is -0.323. The van der Waals surface area contributed by atoms with Crippen molar-refractivity contribution in [3.05, 3.63) is 60.4 Å². The van der Waals surface area contributed by atoms with Crippen LogP contribution in [-0.2, 0) is 14.9 Å². The molecule has 26 heavy (non-hydrogen) atoms. The van der Waals surface area contributed by atoms with E-state index in [0.717, 1.165) is 28.7 Å². The van der Waals surface area contributed by atoms with Gasteiger partial charge in [0.15, 0.2) is 0 Å². The zero-order valence-electron chi connectivity index (χ0n) is 13.4. The molecule has 3 N–H and O–H groups in total. The molecule has 2 aromatic carbocycles. The number of hydrogen-bond acceptors (Lipinski definition) is 6. The third-order valence-electron chi connectivity index (χ3n) is 3.47. The number of amides is 1. The van der Waals surface area contributed by atoms with Crippen LogP contribution in [0.5, 0.6) is 0 Å². The van der Waals surface area contributed by atoms with Gasteiger partial charge >= 0.3 is 10.1 Å². The molecule has 3 aromatic rings. The van der Waals surface area contributed by atoms with Crippen LogP contribution in [-0.4, -0.2) is 31.6 Å². The molecule has 0 bridgehead atoms. The van der Waals surface area contributed by atoms with Gasteiger partial charge in [0.1, 0.15) is 5.76 Å². The van der Waals surface area contributed by atoms with Crippen LogP contribution in [0.4, 0.5) is 5.69 Å². The van der Waals surface area contributed by atoms with Crippen LogP contribution in [0.15, 0.2) is 69.2 Å². The number of nitrogens with zero attached hydrogens (tertiary/aromatic N) is 1. The first-order chi connectivity index (χ1) is 12.4. The molecule has 134 valence electrons. The molecule has 0 unspecified atom stereocenters. The van der Waals surface area contributed by atoms with Crippen molar-refractivity contribution < 1.29 is 22.2 Å². The summed E-state index contributed by atoms with van der Waals surface area (Å²) in [5.41, 5.74) is 3.12. The molecule has 1 aromatic heterocycles. The number of hydrazone groups is 1. The second-order valence-corrected chi connectivity index (χ2v) is 6.66. The topological polar surface area (TPSA) is 121 Å². The minimum absolute atomic E-state index is 0.000227. The van der Waals surface area contributed by atoms with Crippen LogP contribution in [0.2, 0.25) is 0 Å². The number of fused-ring (bicyclic) bond motifs is 1. The van der Waals surface area contributed by atoms with E-state index in [0.29, 0.717) is 0 Å². The largest absolute Gasteiger partial charge is 0.441 e. The molecular formula is C17H15N3O5S. The predicted octanol–water partition coefficient (Wildman–Crippen LogP) is 2.24. The van der Waals surface area contributed by atoms with Crippen LogP contribution in [0.3, 0.4) is 0 Å². The van der Waals surface area contributed by atoms with Gasteiger partial charge in [0.2, 0.25) is 5.09 Å². The molecule has 9 heteroatoms. The first-order valence-electron chi connectivity index (χ1n) is 7.54. The normalized spacial score (nSPS) is 11.7. The molecule has 0 spiro atoms. The van der Waals surface area contributed by atoms with Crippen molar-refractivity contribution in [2.75, 3.05) is 11.9 Å². The van der Waals surface area contributed by atoms with Crippen LogP contribution in [0, 0.1) is 0 Å². The lowest BCUT2D eigenvalue weighted by Crippen LogP contribution is -2.25. The maximum absolute atomic E-state index is 11.9. The fourth-order valence-electron chi connectivity index (χ4n) is 2.30. The number of carbonyl (C=O) groups excluding carboxylic acids is 1. The summed E-state index contributed by atoms with van der Waals surface area (Å²) in [6.07, 6.45) is 1.13. The predicted molar refractivity (Wildman–Crippen MR) is 96.7 cm³/mol. The highest BCUT2D eigenvalue weighted by Crippen LogP contribution is 2.22. The van der Waals surface area contributed by atoms with Crippen LogP contribution in [0.25, 0.3) is 10.8 Å². The summed E-state index contributed by atoms with van der Waals surface area (Å²) >= 11 is 0. The molecule has 8 nitrogen and oxygen atoms in total. The van der Waals surface area contributed by atoms with Gasteiger partial charge in [0.25, 0.3) is 5.91 Å². The van der Waals surface area contributed by atoms with E-state index in [2.05, 4.69) is 15.8 Å². The quantitative estimate of drug-likeness (QED) is 0.346. The number of hydrogen-bond donors (Lipinski definition) is 3. The molecule has 0 radical (unpaired) electrons. The van der Waals surface area contributed by atoms with Gasteiger partial charge in [-0.1, -0.05) is 36.4 Å². The van der Waals surface area contributed by atoms with Crippen molar-refractivity contribution in [1.29, 1.82) is 0 Å². The Hall–Kier alpha value is -3.17. The van der Waals surface area contributed by atoms with E-state index >= 15 is 0 Å². The Morgan fingerprint density at radius 2 is 1.88 bits per heavy atom. The van der Waals surface area contributed by atoms with E-state index in [1.165, 1.54) is 6.07 Å². The summed E-state index contributed by atoms with van der Waals surface area (Å²) in [6, 6.07) is 15.9. The summed E-state index contributed by atoms with van der Waals surface area (Å²) in [7, 11) is -4.41. The highest BCUT2D eigenvalue weighted by molar-refractivity contribution is 7.85. The van der Waals surface area contributed by atoms with E-state index in [1.54, 1.807) is 0 Å². The van der Waals surface area contributed by atoms with E-state index < -0.39 is 21.1 Å². The minimum Gasteiger partial charge on any atom is -0.441 e. The zero-order chi connectivity index (χ0) is 18.6. The fraction of sp³-hybridized carbons (Fsp3) is 0.0588. The van der Waals surface area contributed by atoms with Gasteiger partial charge < -0.3 is 9.73 Å². The summed E-state index contributed by atoms with van der Waals surface area (Å²) in [4.78, 5) is 11.9. The molecule has 0 fully saturated rings. The summed E-state index contributed by atoms with van der Waals surface area (Å²) in [6.45, 7) is -0.000227. The minimum atomic E-state index is -4.41. The van der Waals surface area contributed by atoms with Gasteiger partial charge in [-0.2, -0.15) is 13.5 Å². The Kier molecular flexibility index (Phi) is 5.01. The van der Waals surface area contributed by atoms with Crippen molar-refractivity contribution >= 4 is 38.7 Å². The maximum Gasteiger partial charge on any atom is 0.328 e. The van der Waals surface area contributed by atoms with E-state index in [4.69, 9.17) is 8.97 Å². The molecule has 3 rings (SSSR count). The highest BCUT2D eigenvalue weighted by Gasteiger charge is 2.14. The Morgan fingerprint density at radius 3 is 2.65 bits per heavy atom. The molecule has 0 aliphatic rings. The first kappa shape index (κ1) is 17.6. The molecule has 0 atom stereocenters.